The molecule has 0 spiro atoms. The molecule has 74 heavy (non-hydrogen) atoms. The van der Waals surface area contributed by atoms with Crippen molar-refractivity contribution in [1.29, 1.82) is 5.26 Å². The third kappa shape index (κ3) is 16.1. The number of nitriles is 1. The molecule has 5 N–H and O–H groups in total. The Morgan fingerprint density at radius 3 is 1.36 bits per heavy atom. The molecule has 5 aromatic rings. The standard InChI is InChI=1S/C30H35F3N4O3.C27H42N4O3/c1-27(2,3)35-24(38)17-37-23-14-11-19(29(7,8)26(39)36-28(4,5)6)15-21(23)22(16-34)25(37)18-9-12-20(13-10-18)40-30(31,32)33;1-24(2,3)28-21(32)16-31-19-13-12-18(27(10,11)23(34)30-26(7,8)9)14-17(19)15-20(31)22(33)29-25(4,5)6/h9-15H,17H2,1-8H3,(H,35,38)(H,36,39);12-15H,16H2,1-11H3,(H,28,32)(H,29,33)(H,30,34). The molecule has 0 saturated heterocycles. The number of nitrogens with zero attached hydrogens (tertiary/aromatic N) is 3. The zero-order chi connectivity index (χ0) is 56.5. The van der Waals surface area contributed by atoms with Gasteiger partial charge in [-0.3, -0.25) is 24.0 Å². The van der Waals surface area contributed by atoms with Crippen molar-refractivity contribution in [3.05, 3.63) is 89.1 Å². The third-order valence-corrected chi connectivity index (χ3v) is 11.3. The molecule has 0 unspecified atom stereocenters. The molecular formula is C57H77F3N8O6. The quantitative estimate of drug-likeness (QED) is 0.0870. The zero-order valence-corrected chi connectivity index (χ0v) is 46.7. The molecule has 0 fully saturated rings. The predicted molar refractivity (Wildman–Crippen MR) is 286 cm³/mol. The molecule has 0 atom stereocenters. The Morgan fingerprint density at radius 1 is 0.527 bits per heavy atom. The average molecular weight is 1030 g/mol. The summed E-state index contributed by atoms with van der Waals surface area (Å²) in [7, 11) is 0. The molecule has 2 heterocycles. The number of fused-ring (bicyclic) bond motifs is 2. The number of amides is 5. The van der Waals surface area contributed by atoms with E-state index in [-0.39, 0.29) is 59.3 Å². The zero-order valence-electron chi connectivity index (χ0n) is 46.7. The molecule has 3 aromatic carbocycles. The number of aromatic nitrogens is 2. The topological polar surface area (TPSA) is 188 Å². The van der Waals surface area contributed by atoms with E-state index in [0.717, 1.165) is 28.6 Å². The number of carbonyl (C=O) groups excluding carboxylic acids is 5. The first-order valence-electron chi connectivity index (χ1n) is 24.6. The van der Waals surface area contributed by atoms with E-state index in [0.29, 0.717) is 33.4 Å². The fraction of sp³-hybridized carbons (Fsp3) is 0.509. The number of hydrogen-bond acceptors (Lipinski definition) is 7. The molecule has 0 saturated carbocycles. The number of rotatable bonds is 11. The third-order valence-electron chi connectivity index (χ3n) is 11.3. The van der Waals surface area contributed by atoms with Crippen molar-refractivity contribution in [1.82, 2.24) is 35.7 Å². The molecule has 2 aromatic heterocycles. The molecule has 5 amide bonds. The summed E-state index contributed by atoms with van der Waals surface area (Å²) < 4.78 is 45.5. The minimum atomic E-state index is -4.85. The van der Waals surface area contributed by atoms with Crippen LogP contribution in [-0.4, -0.2) is 72.7 Å². The largest absolute Gasteiger partial charge is 0.573 e. The number of carbonyl (C=O) groups is 5. The van der Waals surface area contributed by atoms with Crippen LogP contribution in [0.3, 0.4) is 0 Å². The van der Waals surface area contributed by atoms with Crippen LogP contribution >= 0.6 is 0 Å². The number of halogens is 3. The maximum atomic E-state index is 13.1. The van der Waals surface area contributed by atoms with Crippen LogP contribution < -0.4 is 31.3 Å². The Hall–Kier alpha value is -6.83. The van der Waals surface area contributed by atoms with Gasteiger partial charge in [0, 0.05) is 44.0 Å². The Kier molecular flexibility index (Phi) is 17.1. The molecule has 14 nitrogen and oxygen atoms in total. The van der Waals surface area contributed by atoms with E-state index in [4.69, 9.17) is 0 Å². The van der Waals surface area contributed by atoms with Crippen LogP contribution in [0, 0.1) is 11.3 Å². The molecule has 0 aliphatic rings. The van der Waals surface area contributed by atoms with Crippen LogP contribution in [0.4, 0.5) is 13.2 Å². The second-order valence-electron chi connectivity index (χ2n) is 25.1. The molecule has 5 rings (SSSR count). The molecular weight excluding hydrogens is 950 g/mol. The minimum absolute atomic E-state index is 0.0148. The number of nitrogens with one attached hydrogen (secondary N) is 5. The Balaban J connectivity index is 0.000000325. The Labute approximate surface area is 434 Å². The van der Waals surface area contributed by atoms with Gasteiger partial charge in [0.2, 0.25) is 23.6 Å². The first kappa shape index (κ1) is 59.7. The summed E-state index contributed by atoms with van der Waals surface area (Å²) in [6, 6.07) is 20.2. The lowest BCUT2D eigenvalue weighted by Crippen LogP contribution is -2.48. The van der Waals surface area contributed by atoms with Crippen molar-refractivity contribution in [3.63, 3.8) is 0 Å². The lowest BCUT2D eigenvalue weighted by molar-refractivity contribution is -0.274. The van der Waals surface area contributed by atoms with Gasteiger partial charge in [0.1, 0.15) is 30.6 Å². The lowest BCUT2D eigenvalue weighted by Gasteiger charge is -2.30. The maximum Gasteiger partial charge on any atom is 0.573 e. The van der Waals surface area contributed by atoms with Crippen molar-refractivity contribution < 1.29 is 41.9 Å². The number of ether oxygens (including phenoxy) is 1. The lowest BCUT2D eigenvalue weighted by atomic mass is 9.82. The summed E-state index contributed by atoms with van der Waals surface area (Å²) in [5.41, 5.74) is 0.429. The van der Waals surface area contributed by atoms with Crippen molar-refractivity contribution in [2.24, 2.45) is 0 Å². The van der Waals surface area contributed by atoms with Gasteiger partial charge in [-0.25, -0.2) is 0 Å². The van der Waals surface area contributed by atoms with Crippen LogP contribution in [0.1, 0.15) is 159 Å². The van der Waals surface area contributed by atoms with Gasteiger partial charge in [-0.05, 0) is 203 Å². The van der Waals surface area contributed by atoms with Gasteiger partial charge in [0.05, 0.1) is 27.6 Å². The van der Waals surface area contributed by atoms with Gasteiger partial charge in [-0.2, -0.15) is 5.26 Å². The first-order chi connectivity index (χ1) is 33.4. The molecule has 17 heteroatoms. The second-order valence-corrected chi connectivity index (χ2v) is 25.1. The highest BCUT2D eigenvalue weighted by atomic mass is 19.4. The first-order valence-corrected chi connectivity index (χ1v) is 24.6. The van der Waals surface area contributed by atoms with Crippen molar-refractivity contribution in [3.8, 4) is 23.1 Å². The minimum Gasteiger partial charge on any atom is -0.406 e. The van der Waals surface area contributed by atoms with Crippen LogP contribution in [0.25, 0.3) is 33.1 Å². The van der Waals surface area contributed by atoms with Crippen LogP contribution in [-0.2, 0) is 43.1 Å². The van der Waals surface area contributed by atoms with Crippen molar-refractivity contribution in [2.45, 2.75) is 190 Å². The number of alkyl halides is 3. The fourth-order valence-electron chi connectivity index (χ4n) is 8.02. The van der Waals surface area contributed by atoms with E-state index in [2.05, 4.69) is 37.4 Å². The monoisotopic (exact) mass is 1030 g/mol. The molecule has 0 aliphatic carbocycles. The second kappa shape index (κ2) is 21.2. The average Bonchev–Trinajstić information content (AvgIpc) is 3.71. The normalized spacial score (nSPS) is 12.8. The van der Waals surface area contributed by atoms with Crippen molar-refractivity contribution >= 4 is 51.3 Å². The van der Waals surface area contributed by atoms with E-state index in [1.807, 2.05) is 136 Å². The van der Waals surface area contributed by atoms with E-state index < -0.39 is 39.6 Å². The number of hydrogen-bond donors (Lipinski definition) is 5. The van der Waals surface area contributed by atoms with E-state index in [1.165, 1.54) is 12.1 Å². The molecule has 402 valence electrons. The molecule has 0 aliphatic heterocycles. The van der Waals surface area contributed by atoms with E-state index in [9.17, 15) is 42.4 Å². The predicted octanol–water partition coefficient (Wildman–Crippen LogP) is 10.5. The smallest absolute Gasteiger partial charge is 0.406 e. The van der Waals surface area contributed by atoms with Crippen molar-refractivity contribution in [2.75, 3.05) is 0 Å². The summed E-state index contributed by atoms with van der Waals surface area (Å²) in [5.74, 6) is -1.41. The van der Waals surface area contributed by atoms with Gasteiger partial charge in [0.25, 0.3) is 5.91 Å². The Bertz CT molecular complexity index is 2960. The Morgan fingerprint density at radius 2 is 0.946 bits per heavy atom. The molecule has 0 radical (unpaired) electrons. The van der Waals surface area contributed by atoms with E-state index in [1.54, 1.807) is 47.2 Å². The summed E-state index contributed by atoms with van der Waals surface area (Å²) in [4.78, 5) is 65.0. The van der Waals surface area contributed by atoms with Gasteiger partial charge in [-0.15, -0.1) is 13.2 Å². The SMILES string of the molecule is CC(C)(C)NC(=O)Cn1c(-c2ccc(OC(F)(F)F)cc2)c(C#N)c2cc(C(C)(C)C(=O)NC(C)(C)C)ccc21.CC(C)(C)NC(=O)Cn1c(C(=O)NC(C)(C)C)cc2cc(C(C)(C)C(=O)NC(C)(C)C)ccc21. The van der Waals surface area contributed by atoms with Gasteiger partial charge < -0.3 is 40.5 Å². The highest BCUT2D eigenvalue weighted by molar-refractivity contribution is 6.01. The van der Waals surface area contributed by atoms with Crippen LogP contribution in [0.5, 0.6) is 5.75 Å². The highest BCUT2D eigenvalue weighted by Gasteiger charge is 2.36. The summed E-state index contributed by atoms with van der Waals surface area (Å²) >= 11 is 0. The van der Waals surface area contributed by atoms with Gasteiger partial charge >= 0.3 is 6.36 Å². The van der Waals surface area contributed by atoms with Crippen LogP contribution in [0.15, 0.2) is 66.7 Å². The fourth-order valence-corrected chi connectivity index (χ4v) is 8.02. The molecule has 0 bridgehead atoms. The summed E-state index contributed by atoms with van der Waals surface area (Å²) in [6.07, 6.45) is -4.85. The van der Waals surface area contributed by atoms with E-state index >= 15 is 0 Å². The van der Waals surface area contributed by atoms with Crippen LogP contribution in [0.2, 0.25) is 0 Å². The summed E-state index contributed by atoms with van der Waals surface area (Å²) in [5, 5.41) is 26.5. The number of benzene rings is 3. The highest BCUT2D eigenvalue weighted by Crippen LogP contribution is 2.38. The van der Waals surface area contributed by atoms with Gasteiger partial charge in [0.15, 0.2) is 0 Å². The summed E-state index contributed by atoms with van der Waals surface area (Å²) in [6.45, 7) is 35.8. The maximum absolute atomic E-state index is 13.1. The van der Waals surface area contributed by atoms with Gasteiger partial charge in [-0.1, -0.05) is 12.1 Å².